The highest BCUT2D eigenvalue weighted by Crippen LogP contribution is 2.36. The lowest BCUT2D eigenvalue weighted by Crippen LogP contribution is -2.37. The summed E-state index contributed by atoms with van der Waals surface area (Å²) in [6.45, 7) is 3.55. The normalized spacial score (nSPS) is 16.0. The summed E-state index contributed by atoms with van der Waals surface area (Å²) in [5, 5.41) is 3.45. The molecule has 1 atom stereocenters. The number of amides is 1. The molecule has 1 amide bonds. The van der Waals surface area contributed by atoms with Crippen LogP contribution in [-0.4, -0.2) is 33.9 Å². The highest BCUT2D eigenvalue weighted by Gasteiger charge is 2.37. The lowest BCUT2D eigenvalue weighted by molar-refractivity contribution is -0.171. The molecule has 2 aromatic heterocycles. The average Bonchev–Trinajstić information content (AvgIpc) is 3.15. The van der Waals surface area contributed by atoms with E-state index in [2.05, 4.69) is 5.32 Å². The third kappa shape index (κ3) is 3.83. The minimum atomic E-state index is -1.39. The summed E-state index contributed by atoms with van der Waals surface area (Å²) < 4.78 is 12.1. The van der Waals surface area contributed by atoms with E-state index in [0.717, 1.165) is 16.5 Å². The van der Waals surface area contributed by atoms with Crippen LogP contribution in [0.2, 0.25) is 0 Å². The first-order chi connectivity index (χ1) is 16.3. The predicted octanol–water partition coefficient (Wildman–Crippen LogP) is 2.23. The van der Waals surface area contributed by atoms with Crippen molar-refractivity contribution in [3.05, 3.63) is 63.4 Å². The summed E-state index contributed by atoms with van der Waals surface area (Å²) in [7, 11) is 0. The Morgan fingerprint density at radius 2 is 2.03 bits per heavy atom. The molecule has 9 nitrogen and oxygen atoms in total. The number of hydrogen-bond donors (Lipinski definition) is 1. The molecule has 2 aliphatic rings. The van der Waals surface area contributed by atoms with Crippen molar-refractivity contribution in [2.45, 2.75) is 39.5 Å². The number of benzene rings is 1. The molecule has 0 spiro atoms. The molecule has 174 valence electrons. The molecule has 2 aliphatic heterocycles. The van der Waals surface area contributed by atoms with Crippen molar-refractivity contribution in [1.82, 2.24) is 14.9 Å². The lowest BCUT2D eigenvalue weighted by Gasteiger charge is -2.25. The van der Waals surface area contributed by atoms with Crippen LogP contribution in [0.5, 0.6) is 0 Å². The fourth-order valence-electron chi connectivity index (χ4n) is 4.36. The number of rotatable bonds is 5. The van der Waals surface area contributed by atoms with Gasteiger partial charge in [-0.05, 0) is 24.1 Å². The molecule has 0 fully saturated rings. The molecule has 0 bridgehead atoms. The Labute approximate surface area is 194 Å². The van der Waals surface area contributed by atoms with Crippen LogP contribution in [0.15, 0.2) is 41.2 Å². The van der Waals surface area contributed by atoms with Crippen molar-refractivity contribution in [3.8, 4) is 11.4 Å². The Bertz CT molecular complexity index is 1410. The Morgan fingerprint density at radius 1 is 1.24 bits per heavy atom. The average molecular weight is 461 g/mol. The summed E-state index contributed by atoms with van der Waals surface area (Å²) >= 11 is 0. The molecule has 34 heavy (non-hydrogen) atoms. The van der Waals surface area contributed by atoms with Crippen molar-refractivity contribution in [2.24, 2.45) is 5.92 Å². The van der Waals surface area contributed by atoms with Gasteiger partial charge < -0.3 is 19.4 Å². The van der Waals surface area contributed by atoms with Crippen molar-refractivity contribution >= 4 is 28.7 Å². The Morgan fingerprint density at radius 3 is 2.82 bits per heavy atom. The first-order valence-electron chi connectivity index (χ1n) is 11.1. The molecular formula is C25H23N3O6. The Balaban J connectivity index is 1.47. The van der Waals surface area contributed by atoms with Gasteiger partial charge in [0.1, 0.15) is 13.2 Å². The summed E-state index contributed by atoms with van der Waals surface area (Å²) in [6, 6.07) is 11.4. The molecule has 1 N–H and O–H groups in total. The smallest absolute Gasteiger partial charge is 0.352 e. The summed E-state index contributed by atoms with van der Waals surface area (Å²) in [4.78, 5) is 54.7. The van der Waals surface area contributed by atoms with Gasteiger partial charge in [0.2, 0.25) is 12.0 Å². The van der Waals surface area contributed by atoms with E-state index >= 15 is 0 Å². The fraction of sp³-hybridized carbons (Fsp3) is 0.320. The van der Waals surface area contributed by atoms with Gasteiger partial charge >= 0.3 is 11.9 Å². The van der Waals surface area contributed by atoms with E-state index in [1.807, 2.05) is 44.2 Å². The zero-order valence-electron chi connectivity index (χ0n) is 18.8. The van der Waals surface area contributed by atoms with Crippen molar-refractivity contribution in [2.75, 3.05) is 6.54 Å². The van der Waals surface area contributed by atoms with Crippen LogP contribution in [-0.2, 0) is 37.0 Å². The number of carbonyl (C=O) groups is 3. The van der Waals surface area contributed by atoms with Crippen LogP contribution in [0.1, 0.15) is 43.1 Å². The second-order valence-electron chi connectivity index (χ2n) is 8.90. The number of para-hydroxylation sites is 1. The summed E-state index contributed by atoms with van der Waals surface area (Å²) in [5.74, 6) is -1.70. The molecule has 4 heterocycles. The number of aromatic nitrogens is 2. The van der Waals surface area contributed by atoms with E-state index < -0.39 is 18.0 Å². The minimum Gasteiger partial charge on any atom is -0.458 e. The van der Waals surface area contributed by atoms with Crippen molar-refractivity contribution in [1.29, 1.82) is 0 Å². The monoisotopic (exact) mass is 461 g/mol. The standard InChI is InChI=1S/C25H23N3O6/c1-13(2)7-20(29)26-10-21(30)34-23-16-9-19-22-15(8-14-5-3-4-6-18(14)27-22)11-28(19)24(31)17(16)12-33-25(23)32/h3-6,8-9,13,23H,7,10-12H2,1-2H3,(H,26,29)/t23-/m0/s1. The molecule has 0 saturated heterocycles. The second-order valence-corrected chi connectivity index (χ2v) is 8.90. The maximum Gasteiger partial charge on any atom is 0.352 e. The maximum atomic E-state index is 13.3. The summed E-state index contributed by atoms with van der Waals surface area (Å²) in [6.07, 6.45) is -1.12. The van der Waals surface area contributed by atoms with E-state index in [9.17, 15) is 19.2 Å². The zero-order chi connectivity index (χ0) is 24.0. The van der Waals surface area contributed by atoms with Crippen LogP contribution in [0.25, 0.3) is 22.3 Å². The van der Waals surface area contributed by atoms with Gasteiger partial charge in [-0.25, -0.2) is 9.78 Å². The molecule has 5 rings (SSSR count). The third-order valence-electron chi connectivity index (χ3n) is 5.94. The largest absolute Gasteiger partial charge is 0.458 e. The molecule has 3 aromatic rings. The number of fused-ring (bicyclic) bond motifs is 5. The second kappa shape index (κ2) is 8.40. The van der Waals surface area contributed by atoms with E-state index in [4.69, 9.17) is 14.5 Å². The van der Waals surface area contributed by atoms with E-state index in [-0.39, 0.29) is 48.1 Å². The number of esters is 2. The number of ether oxygens (including phenoxy) is 2. The number of cyclic esters (lactones) is 1. The molecule has 1 aromatic carbocycles. The fourth-order valence-corrected chi connectivity index (χ4v) is 4.36. The predicted molar refractivity (Wildman–Crippen MR) is 122 cm³/mol. The van der Waals surface area contributed by atoms with Gasteiger partial charge in [0.25, 0.3) is 5.56 Å². The van der Waals surface area contributed by atoms with Gasteiger partial charge in [0.15, 0.2) is 0 Å². The van der Waals surface area contributed by atoms with Crippen LogP contribution in [0, 0.1) is 5.92 Å². The Hall–Kier alpha value is -4.01. The summed E-state index contributed by atoms with van der Waals surface area (Å²) in [5.41, 5.74) is 3.15. The van der Waals surface area contributed by atoms with Gasteiger partial charge in [0, 0.05) is 22.9 Å². The lowest BCUT2D eigenvalue weighted by atomic mass is 10.00. The molecule has 0 unspecified atom stereocenters. The van der Waals surface area contributed by atoms with Crippen LogP contribution < -0.4 is 10.9 Å². The first-order valence-corrected chi connectivity index (χ1v) is 11.1. The SMILES string of the molecule is CC(C)CC(=O)NCC(=O)O[C@@H]1C(=O)OCc2c1cc1n(c2=O)Cc2cc3ccccc3nc2-1. The molecule has 0 saturated carbocycles. The maximum absolute atomic E-state index is 13.3. The van der Waals surface area contributed by atoms with E-state index in [1.165, 1.54) is 0 Å². The van der Waals surface area contributed by atoms with Crippen molar-refractivity contribution in [3.63, 3.8) is 0 Å². The Kier molecular flexibility index (Phi) is 5.39. The van der Waals surface area contributed by atoms with Gasteiger partial charge in [0.05, 0.1) is 29.0 Å². The first kappa shape index (κ1) is 21.8. The van der Waals surface area contributed by atoms with Gasteiger partial charge in [-0.15, -0.1) is 0 Å². The molecule has 0 radical (unpaired) electrons. The van der Waals surface area contributed by atoms with Crippen LogP contribution in [0.3, 0.4) is 0 Å². The topological polar surface area (TPSA) is 117 Å². The van der Waals surface area contributed by atoms with Gasteiger partial charge in [-0.2, -0.15) is 0 Å². The van der Waals surface area contributed by atoms with Gasteiger partial charge in [-0.1, -0.05) is 32.0 Å². The number of pyridine rings is 2. The molecule has 9 heteroatoms. The number of nitrogens with one attached hydrogen (secondary N) is 1. The third-order valence-corrected chi connectivity index (χ3v) is 5.94. The van der Waals surface area contributed by atoms with Crippen molar-refractivity contribution < 1.29 is 23.9 Å². The zero-order valence-corrected chi connectivity index (χ0v) is 18.8. The highest BCUT2D eigenvalue weighted by molar-refractivity contribution is 5.87. The number of nitrogens with zero attached hydrogens (tertiary/aromatic N) is 2. The molecular weight excluding hydrogens is 438 g/mol. The van der Waals surface area contributed by atoms with E-state index in [1.54, 1.807) is 10.6 Å². The minimum absolute atomic E-state index is 0.139. The van der Waals surface area contributed by atoms with Crippen LogP contribution in [0.4, 0.5) is 0 Å². The number of hydrogen-bond acceptors (Lipinski definition) is 7. The number of carbonyl (C=O) groups excluding carboxylic acids is 3. The highest BCUT2D eigenvalue weighted by atomic mass is 16.6. The van der Waals surface area contributed by atoms with Gasteiger partial charge in [-0.3, -0.25) is 14.4 Å². The quantitative estimate of drug-likeness (QED) is 0.453. The molecule has 0 aliphatic carbocycles. The van der Waals surface area contributed by atoms with Crippen LogP contribution >= 0.6 is 0 Å². The van der Waals surface area contributed by atoms with E-state index in [0.29, 0.717) is 17.9 Å².